The zero-order valence-electron chi connectivity index (χ0n) is 14.6. The normalized spacial score (nSPS) is 15.3. The van der Waals surface area contributed by atoms with E-state index in [4.69, 9.17) is 0 Å². The van der Waals surface area contributed by atoms with E-state index in [0.717, 1.165) is 37.4 Å². The molecule has 0 aliphatic carbocycles. The number of nitro benzene ring substituents is 1. The van der Waals surface area contributed by atoms with Crippen molar-refractivity contribution in [2.45, 2.75) is 42.2 Å². The summed E-state index contributed by atoms with van der Waals surface area (Å²) in [5, 5.41) is 19.8. The van der Waals surface area contributed by atoms with Crippen LogP contribution in [0.15, 0.2) is 34.6 Å². The predicted molar refractivity (Wildman–Crippen MR) is 97.2 cm³/mol. The molecule has 1 aromatic carbocycles. The van der Waals surface area contributed by atoms with Crippen LogP contribution in [0.4, 0.5) is 5.69 Å². The minimum absolute atomic E-state index is 0.0871. The van der Waals surface area contributed by atoms with Gasteiger partial charge in [0, 0.05) is 31.8 Å². The van der Waals surface area contributed by atoms with Crippen LogP contribution in [0.5, 0.6) is 0 Å². The molecule has 1 aliphatic heterocycles. The molecule has 1 fully saturated rings. The summed E-state index contributed by atoms with van der Waals surface area (Å²) in [5.41, 5.74) is 0.274. The molecule has 1 amide bonds. The second-order valence-electron chi connectivity index (χ2n) is 6.33. The van der Waals surface area contributed by atoms with E-state index in [0.29, 0.717) is 28.7 Å². The lowest BCUT2D eigenvalue weighted by Gasteiger charge is -2.24. The first-order valence-electron chi connectivity index (χ1n) is 8.66. The van der Waals surface area contributed by atoms with Crippen molar-refractivity contribution in [2.75, 3.05) is 13.1 Å². The van der Waals surface area contributed by atoms with E-state index < -0.39 is 4.92 Å². The largest absolute Gasteiger partial charge is 0.339 e. The summed E-state index contributed by atoms with van der Waals surface area (Å²) in [6, 6.07) is 4.65. The Morgan fingerprint density at radius 1 is 1.19 bits per heavy atom. The van der Waals surface area contributed by atoms with E-state index in [1.54, 1.807) is 23.7 Å². The smallest absolute Gasteiger partial charge is 0.284 e. The van der Waals surface area contributed by atoms with Gasteiger partial charge >= 0.3 is 0 Å². The highest BCUT2D eigenvalue weighted by Gasteiger charge is 2.23. The Bertz CT molecular complexity index is 799. The molecule has 1 aliphatic rings. The first-order valence-corrected chi connectivity index (χ1v) is 9.47. The Kier molecular flexibility index (Phi) is 5.87. The zero-order valence-corrected chi connectivity index (χ0v) is 15.4. The van der Waals surface area contributed by atoms with Crippen LogP contribution in [-0.4, -0.2) is 43.6 Å². The van der Waals surface area contributed by atoms with Gasteiger partial charge in [0.1, 0.15) is 6.33 Å². The number of aryl methyl sites for hydroxylation is 1. The number of carbonyl (C=O) groups excluding carboxylic acids is 1. The number of nitrogens with zero attached hydrogens (tertiary/aromatic N) is 5. The minimum atomic E-state index is -0.455. The van der Waals surface area contributed by atoms with Crippen molar-refractivity contribution in [1.82, 2.24) is 19.7 Å². The summed E-state index contributed by atoms with van der Waals surface area (Å²) < 4.78 is 1.69. The lowest BCUT2D eigenvalue weighted by Crippen LogP contribution is -2.33. The maximum atomic E-state index is 12.8. The third-order valence-corrected chi connectivity index (χ3v) is 5.53. The molecule has 138 valence electrons. The maximum absolute atomic E-state index is 12.8. The van der Waals surface area contributed by atoms with Gasteiger partial charge in [-0.25, -0.2) is 0 Å². The predicted octanol–water partition coefficient (Wildman–Crippen LogP) is 3.28. The summed E-state index contributed by atoms with van der Waals surface area (Å²) >= 11 is 1.16. The summed E-state index contributed by atoms with van der Waals surface area (Å²) in [5.74, 6) is -0.134. The highest BCUT2D eigenvalue weighted by molar-refractivity contribution is 7.99. The fourth-order valence-electron chi connectivity index (χ4n) is 2.98. The first kappa shape index (κ1) is 18.4. The van der Waals surface area contributed by atoms with E-state index in [2.05, 4.69) is 10.2 Å². The minimum Gasteiger partial charge on any atom is -0.339 e. The van der Waals surface area contributed by atoms with Crippen molar-refractivity contribution >= 4 is 23.4 Å². The Hall–Kier alpha value is -2.42. The van der Waals surface area contributed by atoms with Gasteiger partial charge in [-0.3, -0.25) is 14.9 Å². The molecule has 3 rings (SSSR count). The fourth-order valence-corrected chi connectivity index (χ4v) is 3.83. The number of hydrogen-bond donors (Lipinski definition) is 0. The second kappa shape index (κ2) is 8.31. The van der Waals surface area contributed by atoms with Gasteiger partial charge in [0.2, 0.25) is 0 Å². The summed E-state index contributed by atoms with van der Waals surface area (Å²) in [6.45, 7) is 1.42. The van der Waals surface area contributed by atoms with Gasteiger partial charge in [0.15, 0.2) is 5.16 Å². The lowest BCUT2D eigenvalue weighted by atomic mass is 10.1. The fraction of sp³-hybridized carbons (Fsp3) is 0.471. The average molecular weight is 375 g/mol. The topological polar surface area (TPSA) is 94.2 Å². The Morgan fingerprint density at radius 2 is 1.88 bits per heavy atom. The van der Waals surface area contributed by atoms with Crippen LogP contribution in [0.2, 0.25) is 0 Å². The van der Waals surface area contributed by atoms with E-state index in [1.807, 2.05) is 4.90 Å². The van der Waals surface area contributed by atoms with Gasteiger partial charge < -0.3 is 9.47 Å². The quantitative estimate of drug-likeness (QED) is 0.601. The first-order chi connectivity index (χ1) is 12.6. The third-order valence-electron chi connectivity index (χ3n) is 4.42. The number of carbonyl (C=O) groups is 1. The van der Waals surface area contributed by atoms with E-state index in [9.17, 15) is 14.9 Å². The molecule has 1 aromatic heterocycles. The van der Waals surface area contributed by atoms with Crippen LogP contribution in [0.25, 0.3) is 0 Å². The third kappa shape index (κ3) is 4.21. The molecule has 8 nitrogen and oxygen atoms in total. The maximum Gasteiger partial charge on any atom is 0.284 e. The average Bonchev–Trinajstić information content (AvgIpc) is 2.99. The number of benzene rings is 1. The summed E-state index contributed by atoms with van der Waals surface area (Å²) in [4.78, 5) is 26.1. The number of hydrogen-bond acceptors (Lipinski definition) is 6. The SMILES string of the molecule is Cn1cnnc1Sc1ccc(C(=O)N2CCCCCCC2)cc1[N+](=O)[O-]. The molecule has 2 heterocycles. The van der Waals surface area contributed by atoms with E-state index in [1.165, 1.54) is 18.8 Å². The standard InChI is InChI=1S/C17H21N5O3S/c1-20-12-18-19-17(20)26-15-8-7-13(11-14(15)22(24)25)16(23)21-9-5-3-2-4-6-10-21/h7-8,11-12H,2-6,9-10H2,1H3. The molecule has 0 spiro atoms. The number of rotatable bonds is 4. The van der Waals surface area contributed by atoms with E-state index >= 15 is 0 Å². The summed E-state index contributed by atoms with van der Waals surface area (Å²) in [6.07, 6.45) is 6.95. The van der Waals surface area contributed by atoms with Crippen LogP contribution in [0.3, 0.4) is 0 Å². The Labute approximate surface area is 155 Å². The number of likely N-dealkylation sites (tertiary alicyclic amines) is 1. The monoisotopic (exact) mass is 375 g/mol. The lowest BCUT2D eigenvalue weighted by molar-refractivity contribution is -0.387. The molecule has 26 heavy (non-hydrogen) atoms. The molecule has 0 unspecified atom stereocenters. The van der Waals surface area contributed by atoms with Gasteiger partial charge in [-0.05, 0) is 36.7 Å². The van der Waals surface area contributed by atoms with Crippen LogP contribution < -0.4 is 0 Å². The molecular formula is C17H21N5O3S. The van der Waals surface area contributed by atoms with Crippen molar-refractivity contribution in [1.29, 1.82) is 0 Å². The number of aromatic nitrogens is 3. The number of amides is 1. The molecule has 0 radical (unpaired) electrons. The molecular weight excluding hydrogens is 354 g/mol. The van der Waals surface area contributed by atoms with Crippen molar-refractivity contribution in [3.05, 3.63) is 40.2 Å². The van der Waals surface area contributed by atoms with Crippen LogP contribution in [0, 0.1) is 10.1 Å². The van der Waals surface area contributed by atoms with Crippen LogP contribution in [0.1, 0.15) is 42.5 Å². The van der Waals surface area contributed by atoms with Gasteiger partial charge in [0.25, 0.3) is 11.6 Å². The second-order valence-corrected chi connectivity index (χ2v) is 7.34. The highest BCUT2D eigenvalue weighted by Crippen LogP contribution is 2.34. The van der Waals surface area contributed by atoms with Gasteiger partial charge in [-0.2, -0.15) is 0 Å². The van der Waals surface area contributed by atoms with Crippen molar-refractivity contribution in [3.63, 3.8) is 0 Å². The van der Waals surface area contributed by atoms with Gasteiger partial charge in [-0.1, -0.05) is 19.3 Å². The van der Waals surface area contributed by atoms with Crippen LogP contribution >= 0.6 is 11.8 Å². The van der Waals surface area contributed by atoms with Crippen molar-refractivity contribution in [2.24, 2.45) is 7.05 Å². The van der Waals surface area contributed by atoms with Gasteiger partial charge in [0.05, 0.1) is 9.82 Å². The molecule has 0 N–H and O–H groups in total. The van der Waals surface area contributed by atoms with Gasteiger partial charge in [-0.15, -0.1) is 10.2 Å². The summed E-state index contributed by atoms with van der Waals surface area (Å²) in [7, 11) is 1.77. The van der Waals surface area contributed by atoms with Crippen LogP contribution in [-0.2, 0) is 7.05 Å². The highest BCUT2D eigenvalue weighted by atomic mass is 32.2. The van der Waals surface area contributed by atoms with Crippen molar-refractivity contribution in [3.8, 4) is 0 Å². The molecule has 0 bridgehead atoms. The molecule has 0 saturated carbocycles. The Balaban J connectivity index is 1.84. The zero-order chi connectivity index (χ0) is 18.5. The van der Waals surface area contributed by atoms with Crippen molar-refractivity contribution < 1.29 is 9.72 Å². The Morgan fingerprint density at radius 3 is 2.50 bits per heavy atom. The molecule has 2 aromatic rings. The number of nitro groups is 1. The van der Waals surface area contributed by atoms with E-state index in [-0.39, 0.29) is 11.6 Å². The molecule has 1 saturated heterocycles. The molecule has 0 atom stereocenters. The molecule has 9 heteroatoms.